The predicted octanol–water partition coefficient (Wildman–Crippen LogP) is 3.14. The third-order valence-corrected chi connectivity index (χ3v) is 4.82. The molecule has 0 amide bonds. The lowest BCUT2D eigenvalue weighted by atomic mass is 9.75. The molecule has 2 rings (SSSR count). The Morgan fingerprint density at radius 2 is 1.83 bits per heavy atom. The van der Waals surface area contributed by atoms with Crippen molar-refractivity contribution in [2.24, 2.45) is 5.92 Å². The van der Waals surface area contributed by atoms with Gasteiger partial charge in [-0.15, -0.1) is 0 Å². The minimum Gasteiger partial charge on any atom is -0.390 e. The second kappa shape index (κ2) is 5.88. The number of aliphatic hydroxyl groups excluding tert-OH is 1. The summed E-state index contributed by atoms with van der Waals surface area (Å²) < 4.78 is 1.19. The van der Waals surface area contributed by atoms with E-state index in [1.54, 1.807) is 0 Å². The van der Waals surface area contributed by atoms with Crippen molar-refractivity contribution in [2.45, 2.75) is 50.7 Å². The normalized spacial score (nSPS) is 30.1. The van der Waals surface area contributed by atoms with Gasteiger partial charge in [0.25, 0.3) is 0 Å². The Kier molecular flexibility index (Phi) is 4.67. The van der Waals surface area contributed by atoms with E-state index in [2.05, 4.69) is 29.5 Å². The fourth-order valence-electron chi connectivity index (χ4n) is 2.63. The fourth-order valence-corrected chi connectivity index (χ4v) is 2.99. The third kappa shape index (κ3) is 3.45. The zero-order valence-corrected chi connectivity index (χ0v) is 12.9. The van der Waals surface area contributed by atoms with Crippen molar-refractivity contribution in [3.05, 3.63) is 33.4 Å². The molecule has 0 radical (unpaired) electrons. The van der Waals surface area contributed by atoms with E-state index in [-0.39, 0.29) is 0 Å². The van der Waals surface area contributed by atoms with Crippen molar-refractivity contribution in [3.8, 4) is 0 Å². The molecular formula is C15H21IO2. The minimum absolute atomic E-state index is 0.543. The minimum atomic E-state index is -0.879. The van der Waals surface area contributed by atoms with Crippen LogP contribution in [-0.4, -0.2) is 21.9 Å². The molecule has 0 aliphatic heterocycles. The van der Waals surface area contributed by atoms with Crippen LogP contribution in [0.15, 0.2) is 24.3 Å². The molecule has 100 valence electrons. The summed E-state index contributed by atoms with van der Waals surface area (Å²) in [5.74, 6) is 0.677. The lowest BCUT2D eigenvalue weighted by Crippen LogP contribution is -2.46. The van der Waals surface area contributed by atoms with Gasteiger partial charge in [0.2, 0.25) is 0 Å². The molecule has 1 aromatic carbocycles. The number of hydrogen-bond donors (Lipinski definition) is 2. The number of hydrogen-bond acceptors (Lipinski definition) is 2. The molecule has 1 aliphatic rings. The highest BCUT2D eigenvalue weighted by Crippen LogP contribution is 2.35. The summed E-state index contributed by atoms with van der Waals surface area (Å²) in [7, 11) is 0. The van der Waals surface area contributed by atoms with E-state index in [1.165, 1.54) is 3.57 Å². The van der Waals surface area contributed by atoms with Gasteiger partial charge in [-0.25, -0.2) is 0 Å². The van der Waals surface area contributed by atoms with Crippen LogP contribution in [0.2, 0.25) is 0 Å². The van der Waals surface area contributed by atoms with Gasteiger partial charge in [-0.05, 0) is 71.9 Å². The number of benzene rings is 1. The van der Waals surface area contributed by atoms with Gasteiger partial charge < -0.3 is 10.2 Å². The van der Waals surface area contributed by atoms with Crippen molar-refractivity contribution >= 4 is 22.6 Å². The van der Waals surface area contributed by atoms with Gasteiger partial charge in [-0.3, -0.25) is 0 Å². The van der Waals surface area contributed by atoms with Gasteiger partial charge in [0, 0.05) is 9.99 Å². The average molecular weight is 360 g/mol. The highest BCUT2D eigenvalue weighted by molar-refractivity contribution is 14.1. The van der Waals surface area contributed by atoms with Gasteiger partial charge in [-0.1, -0.05) is 19.1 Å². The van der Waals surface area contributed by atoms with Crippen LogP contribution in [-0.2, 0) is 6.42 Å². The number of rotatable bonds is 3. The van der Waals surface area contributed by atoms with Crippen LogP contribution < -0.4 is 0 Å². The molecule has 1 aromatic rings. The molecule has 1 atom stereocenters. The van der Waals surface area contributed by atoms with E-state index < -0.39 is 11.7 Å². The summed E-state index contributed by atoms with van der Waals surface area (Å²) in [5.41, 5.74) is 0.213. The predicted molar refractivity (Wildman–Crippen MR) is 81.5 cm³/mol. The lowest BCUT2D eigenvalue weighted by molar-refractivity contribution is -0.102. The molecule has 2 N–H and O–H groups in total. The fraction of sp³-hybridized carbons (Fsp3) is 0.600. The average Bonchev–Trinajstić information content (AvgIpc) is 2.36. The van der Waals surface area contributed by atoms with Crippen LogP contribution in [0.4, 0.5) is 0 Å². The third-order valence-electron chi connectivity index (χ3n) is 4.10. The maximum Gasteiger partial charge on any atom is 0.0908 e. The molecule has 2 nitrogen and oxygen atoms in total. The van der Waals surface area contributed by atoms with Crippen molar-refractivity contribution in [3.63, 3.8) is 0 Å². The monoisotopic (exact) mass is 360 g/mol. The molecular weight excluding hydrogens is 339 g/mol. The Hall–Kier alpha value is -0.130. The van der Waals surface area contributed by atoms with Crippen molar-refractivity contribution in [1.82, 2.24) is 0 Å². The Bertz CT molecular complexity index is 380. The molecule has 1 unspecified atom stereocenters. The molecule has 0 heterocycles. The number of halogens is 1. The standard InChI is InChI=1S/C15H21IO2/c1-11-6-8-15(18,9-7-11)14(17)10-12-2-4-13(16)5-3-12/h2-5,11,14,17-18H,6-10H2,1H3. The smallest absolute Gasteiger partial charge is 0.0908 e. The second-order valence-corrected chi connectivity index (χ2v) is 6.88. The first-order valence-electron chi connectivity index (χ1n) is 6.64. The molecule has 0 spiro atoms. The van der Waals surface area contributed by atoms with Crippen LogP contribution in [0, 0.1) is 9.49 Å². The van der Waals surface area contributed by atoms with Gasteiger partial charge >= 0.3 is 0 Å². The van der Waals surface area contributed by atoms with Crippen molar-refractivity contribution in [1.29, 1.82) is 0 Å². The van der Waals surface area contributed by atoms with E-state index in [0.29, 0.717) is 12.3 Å². The zero-order valence-electron chi connectivity index (χ0n) is 10.8. The Morgan fingerprint density at radius 3 is 2.39 bits per heavy atom. The molecule has 0 bridgehead atoms. The first-order valence-corrected chi connectivity index (χ1v) is 7.72. The van der Waals surface area contributed by atoms with Gasteiger partial charge in [0.15, 0.2) is 0 Å². The molecule has 3 heteroatoms. The van der Waals surface area contributed by atoms with Gasteiger partial charge in [0.1, 0.15) is 0 Å². The maximum absolute atomic E-state index is 10.5. The largest absolute Gasteiger partial charge is 0.390 e. The lowest BCUT2D eigenvalue weighted by Gasteiger charge is -2.38. The molecule has 0 saturated heterocycles. The van der Waals surface area contributed by atoms with E-state index in [4.69, 9.17) is 0 Å². The first-order chi connectivity index (χ1) is 8.49. The van der Waals surface area contributed by atoms with Gasteiger partial charge in [0.05, 0.1) is 11.7 Å². The molecule has 1 fully saturated rings. The van der Waals surface area contributed by atoms with Crippen LogP contribution in [0.5, 0.6) is 0 Å². The Labute approximate surface area is 123 Å². The summed E-state index contributed by atoms with van der Waals surface area (Å²) in [6, 6.07) is 8.13. The van der Waals surface area contributed by atoms with Crippen LogP contribution in [0.25, 0.3) is 0 Å². The van der Waals surface area contributed by atoms with Crippen molar-refractivity contribution in [2.75, 3.05) is 0 Å². The summed E-state index contributed by atoms with van der Waals surface area (Å²) >= 11 is 2.27. The zero-order chi connectivity index (χ0) is 13.2. The Balaban J connectivity index is 1.98. The Morgan fingerprint density at radius 1 is 1.28 bits per heavy atom. The topological polar surface area (TPSA) is 40.5 Å². The van der Waals surface area contributed by atoms with E-state index in [1.807, 2.05) is 24.3 Å². The summed E-state index contributed by atoms with van der Waals surface area (Å²) in [6.07, 6.45) is 3.37. The molecule has 18 heavy (non-hydrogen) atoms. The maximum atomic E-state index is 10.5. The van der Waals surface area contributed by atoms with E-state index >= 15 is 0 Å². The number of aliphatic hydroxyl groups is 2. The summed E-state index contributed by atoms with van der Waals surface area (Å²) in [5, 5.41) is 20.8. The van der Waals surface area contributed by atoms with Crippen LogP contribution >= 0.6 is 22.6 Å². The summed E-state index contributed by atoms with van der Waals surface area (Å²) in [6.45, 7) is 2.21. The van der Waals surface area contributed by atoms with E-state index in [0.717, 1.165) is 31.2 Å². The molecule has 1 aliphatic carbocycles. The quantitative estimate of drug-likeness (QED) is 0.814. The summed E-state index contributed by atoms with van der Waals surface area (Å²) in [4.78, 5) is 0. The highest BCUT2D eigenvalue weighted by atomic mass is 127. The SMILES string of the molecule is CC1CCC(O)(C(O)Cc2ccc(I)cc2)CC1. The molecule has 0 aromatic heterocycles. The van der Waals surface area contributed by atoms with E-state index in [9.17, 15) is 10.2 Å². The second-order valence-electron chi connectivity index (χ2n) is 5.63. The first kappa shape index (κ1) is 14.3. The highest BCUT2D eigenvalue weighted by Gasteiger charge is 2.38. The van der Waals surface area contributed by atoms with Crippen molar-refractivity contribution < 1.29 is 10.2 Å². The van der Waals surface area contributed by atoms with Crippen LogP contribution in [0.3, 0.4) is 0 Å². The van der Waals surface area contributed by atoms with Gasteiger partial charge in [-0.2, -0.15) is 0 Å². The molecule has 1 saturated carbocycles. The van der Waals surface area contributed by atoms with Crippen LogP contribution in [0.1, 0.15) is 38.2 Å².